The molecular weight excluding hydrogens is 587 g/mol. The highest BCUT2D eigenvalue weighted by atomic mass is 35.5. The van der Waals surface area contributed by atoms with Gasteiger partial charge in [0.05, 0.1) is 12.4 Å². The van der Waals surface area contributed by atoms with Crippen LogP contribution in [0.25, 0.3) is 11.1 Å². The summed E-state index contributed by atoms with van der Waals surface area (Å²) in [5.41, 5.74) is 3.01. The zero-order valence-corrected chi connectivity index (χ0v) is 26.2. The number of rotatable bonds is 11. The number of ether oxygens (including phenoxy) is 1. The number of carbonyl (C=O) groups is 1. The van der Waals surface area contributed by atoms with Crippen LogP contribution in [0.1, 0.15) is 31.7 Å². The number of benzene rings is 2. The van der Waals surface area contributed by atoms with E-state index in [4.69, 9.17) is 33.0 Å². The predicted molar refractivity (Wildman–Crippen MR) is 171 cm³/mol. The topological polar surface area (TPSA) is 94.1 Å². The van der Waals surface area contributed by atoms with Crippen LogP contribution in [-0.4, -0.2) is 89.7 Å². The molecule has 11 heteroatoms. The molecule has 3 aromatic rings. The molecule has 2 aromatic carbocycles. The quantitative estimate of drug-likeness (QED) is 0.304. The molecule has 0 bridgehead atoms. The molecule has 5 rings (SSSR count). The van der Waals surface area contributed by atoms with Crippen LogP contribution in [0.3, 0.4) is 0 Å². The summed E-state index contributed by atoms with van der Waals surface area (Å²) in [5.74, 6) is 2.49. The summed E-state index contributed by atoms with van der Waals surface area (Å²) < 4.78 is 6.31. The Bertz CT molecular complexity index is 1340. The molecule has 2 aliphatic heterocycles. The Morgan fingerprint density at radius 1 is 0.907 bits per heavy atom. The molecule has 0 saturated carbocycles. The number of aliphatic hydroxyl groups excluding tert-OH is 1. The first-order valence-electron chi connectivity index (χ1n) is 15.0. The Morgan fingerprint density at radius 2 is 1.58 bits per heavy atom. The van der Waals surface area contributed by atoms with Crippen molar-refractivity contribution in [2.24, 2.45) is 5.92 Å². The monoisotopic (exact) mass is 626 g/mol. The Hall–Kier alpha value is -2.95. The summed E-state index contributed by atoms with van der Waals surface area (Å²) in [5, 5.41) is 13.2. The molecule has 1 aromatic heterocycles. The van der Waals surface area contributed by atoms with Crippen molar-refractivity contribution in [1.82, 2.24) is 25.1 Å². The molecule has 3 heterocycles. The van der Waals surface area contributed by atoms with Crippen molar-refractivity contribution in [1.29, 1.82) is 0 Å². The highest BCUT2D eigenvalue weighted by Crippen LogP contribution is 2.33. The number of halogens is 2. The third-order valence-corrected chi connectivity index (χ3v) is 8.49. The van der Waals surface area contributed by atoms with Crippen molar-refractivity contribution >= 4 is 35.1 Å². The first kappa shape index (κ1) is 31.5. The standard InChI is InChI=1S/C32H40Cl2N6O3/c1-23(42)35-19-24-3-6-39(7-4-24)22-25-13-26(27-15-28(33)18-29(34)16-27)17-30(14-25)43-31-20-36-32(37-21-31)40-10-8-38(9-11-40)5-2-12-41/h13-18,20-21,24,41H,2-12,19,22H2,1H3,(H,35,42). The van der Waals surface area contributed by atoms with Crippen LogP contribution >= 0.6 is 23.2 Å². The van der Waals surface area contributed by atoms with Gasteiger partial charge in [-0.15, -0.1) is 0 Å². The number of aromatic nitrogens is 2. The molecule has 2 fully saturated rings. The normalized spacial score (nSPS) is 16.8. The number of anilines is 1. The van der Waals surface area contributed by atoms with Gasteiger partial charge in [-0.3, -0.25) is 14.6 Å². The number of hydrogen-bond acceptors (Lipinski definition) is 8. The lowest BCUT2D eigenvalue weighted by molar-refractivity contribution is -0.119. The number of piperidine rings is 1. The molecule has 0 unspecified atom stereocenters. The van der Waals surface area contributed by atoms with Gasteiger partial charge in [-0.25, -0.2) is 9.97 Å². The second-order valence-corrected chi connectivity index (χ2v) is 12.3. The van der Waals surface area contributed by atoms with Gasteiger partial charge in [0.15, 0.2) is 5.75 Å². The van der Waals surface area contributed by atoms with Gasteiger partial charge in [-0.05, 0) is 91.4 Å². The van der Waals surface area contributed by atoms with Crippen LogP contribution in [0, 0.1) is 5.92 Å². The van der Waals surface area contributed by atoms with E-state index in [-0.39, 0.29) is 12.5 Å². The molecule has 230 valence electrons. The van der Waals surface area contributed by atoms with Crippen LogP contribution in [0.5, 0.6) is 11.5 Å². The van der Waals surface area contributed by atoms with Crippen LogP contribution in [0.2, 0.25) is 10.0 Å². The van der Waals surface area contributed by atoms with Crippen LogP contribution in [-0.2, 0) is 11.3 Å². The minimum absolute atomic E-state index is 0.0288. The molecule has 1 amide bonds. The van der Waals surface area contributed by atoms with Crippen molar-refractivity contribution in [2.75, 3.05) is 63.9 Å². The molecule has 0 spiro atoms. The lowest BCUT2D eigenvalue weighted by Gasteiger charge is -2.34. The number of amides is 1. The maximum atomic E-state index is 11.3. The van der Waals surface area contributed by atoms with Gasteiger partial charge < -0.3 is 20.1 Å². The predicted octanol–water partition coefficient (Wildman–Crippen LogP) is 5.10. The van der Waals surface area contributed by atoms with Crippen LogP contribution < -0.4 is 15.0 Å². The van der Waals surface area contributed by atoms with Gasteiger partial charge in [0.2, 0.25) is 11.9 Å². The number of nitrogens with one attached hydrogen (secondary N) is 1. The lowest BCUT2D eigenvalue weighted by atomic mass is 9.96. The van der Waals surface area contributed by atoms with Crippen molar-refractivity contribution in [3.63, 3.8) is 0 Å². The van der Waals surface area contributed by atoms with E-state index in [1.165, 1.54) is 0 Å². The zero-order valence-electron chi connectivity index (χ0n) is 24.6. The SMILES string of the molecule is CC(=O)NCC1CCN(Cc2cc(Oc3cnc(N4CCN(CCCO)CC4)nc3)cc(-c3cc(Cl)cc(Cl)c3)c2)CC1. The summed E-state index contributed by atoms with van der Waals surface area (Å²) in [6.07, 6.45) is 6.35. The van der Waals surface area contributed by atoms with E-state index >= 15 is 0 Å². The van der Waals surface area contributed by atoms with Gasteiger partial charge in [0.25, 0.3) is 0 Å². The first-order chi connectivity index (χ1) is 20.8. The second-order valence-electron chi connectivity index (χ2n) is 11.4. The van der Waals surface area contributed by atoms with E-state index in [0.29, 0.717) is 33.4 Å². The lowest BCUT2D eigenvalue weighted by Crippen LogP contribution is -2.47. The summed E-state index contributed by atoms with van der Waals surface area (Å²) in [6, 6.07) is 11.8. The van der Waals surface area contributed by atoms with Gasteiger partial charge in [0, 0.05) is 69.4 Å². The number of carbonyl (C=O) groups excluding carboxylic acids is 1. The van der Waals surface area contributed by atoms with E-state index < -0.39 is 0 Å². The molecule has 2 aliphatic rings. The van der Waals surface area contributed by atoms with Gasteiger partial charge in [-0.1, -0.05) is 23.2 Å². The maximum Gasteiger partial charge on any atom is 0.225 e. The number of nitrogens with zero attached hydrogens (tertiary/aromatic N) is 5. The van der Waals surface area contributed by atoms with Crippen molar-refractivity contribution in [3.8, 4) is 22.6 Å². The molecule has 2 N–H and O–H groups in total. The average molecular weight is 628 g/mol. The Morgan fingerprint density at radius 3 is 2.23 bits per heavy atom. The van der Waals surface area contributed by atoms with Crippen molar-refractivity contribution in [2.45, 2.75) is 32.7 Å². The smallest absolute Gasteiger partial charge is 0.225 e. The Balaban J connectivity index is 1.28. The fraction of sp³-hybridized carbons (Fsp3) is 0.469. The first-order valence-corrected chi connectivity index (χ1v) is 15.8. The molecule has 0 aliphatic carbocycles. The van der Waals surface area contributed by atoms with E-state index in [2.05, 4.69) is 42.1 Å². The average Bonchev–Trinajstić information content (AvgIpc) is 3.00. The van der Waals surface area contributed by atoms with Crippen LogP contribution in [0.4, 0.5) is 5.95 Å². The third kappa shape index (κ3) is 9.27. The number of likely N-dealkylation sites (tertiary alicyclic amines) is 1. The van der Waals surface area contributed by atoms with E-state index in [1.807, 2.05) is 18.2 Å². The molecule has 0 atom stereocenters. The van der Waals surface area contributed by atoms with Crippen LogP contribution in [0.15, 0.2) is 48.8 Å². The van der Waals surface area contributed by atoms with Gasteiger partial charge in [0.1, 0.15) is 5.75 Å². The minimum Gasteiger partial charge on any atom is -0.454 e. The highest BCUT2D eigenvalue weighted by molar-refractivity contribution is 6.35. The summed E-state index contributed by atoms with van der Waals surface area (Å²) in [6.45, 7) is 9.73. The van der Waals surface area contributed by atoms with Crippen molar-refractivity contribution < 1.29 is 14.6 Å². The van der Waals surface area contributed by atoms with E-state index in [1.54, 1.807) is 25.4 Å². The highest BCUT2D eigenvalue weighted by Gasteiger charge is 2.21. The number of aliphatic hydroxyl groups is 1. The summed E-state index contributed by atoms with van der Waals surface area (Å²) in [4.78, 5) is 27.5. The summed E-state index contributed by atoms with van der Waals surface area (Å²) >= 11 is 12.7. The minimum atomic E-state index is 0.0288. The molecule has 43 heavy (non-hydrogen) atoms. The second kappa shape index (κ2) is 15.2. The molecule has 2 saturated heterocycles. The summed E-state index contributed by atoms with van der Waals surface area (Å²) in [7, 11) is 0. The molecule has 9 nitrogen and oxygen atoms in total. The fourth-order valence-electron chi connectivity index (χ4n) is 5.72. The largest absolute Gasteiger partial charge is 0.454 e. The molecule has 0 radical (unpaired) electrons. The third-order valence-electron chi connectivity index (χ3n) is 8.05. The fourth-order valence-corrected chi connectivity index (χ4v) is 6.25. The maximum absolute atomic E-state index is 11.3. The zero-order chi connectivity index (χ0) is 30.2. The van der Waals surface area contributed by atoms with E-state index in [0.717, 1.165) is 94.9 Å². The van der Waals surface area contributed by atoms with Gasteiger partial charge >= 0.3 is 0 Å². The van der Waals surface area contributed by atoms with Crippen molar-refractivity contribution in [3.05, 3.63) is 64.4 Å². The Labute approximate surface area is 263 Å². The number of piperazine rings is 1. The van der Waals surface area contributed by atoms with Gasteiger partial charge in [-0.2, -0.15) is 0 Å². The Kier molecular flexibility index (Phi) is 11.1. The number of hydrogen-bond donors (Lipinski definition) is 2. The van der Waals surface area contributed by atoms with E-state index in [9.17, 15) is 4.79 Å². The molecular formula is C32H40Cl2N6O3.